The van der Waals surface area contributed by atoms with Crippen molar-refractivity contribution in [1.82, 2.24) is 5.32 Å². The van der Waals surface area contributed by atoms with E-state index in [0.717, 1.165) is 18.5 Å². The number of hydrogen-bond acceptors (Lipinski definition) is 2. The van der Waals surface area contributed by atoms with E-state index in [1.54, 1.807) is 0 Å². The molecule has 20 heavy (non-hydrogen) atoms. The second-order valence-electron chi connectivity index (χ2n) is 6.25. The fourth-order valence-electron chi connectivity index (χ4n) is 4.09. The van der Waals surface area contributed by atoms with Crippen molar-refractivity contribution in [2.24, 2.45) is 5.92 Å². The molecule has 3 rings (SSSR count). The van der Waals surface area contributed by atoms with Crippen molar-refractivity contribution in [3.63, 3.8) is 0 Å². The molecular weight excluding hydrogens is 312 g/mol. The summed E-state index contributed by atoms with van der Waals surface area (Å²) >= 11 is 3.61. The zero-order chi connectivity index (χ0) is 13.9. The van der Waals surface area contributed by atoms with Gasteiger partial charge in [-0.1, -0.05) is 28.8 Å². The van der Waals surface area contributed by atoms with Gasteiger partial charge in [0.2, 0.25) is 0 Å². The highest BCUT2D eigenvalue weighted by Gasteiger charge is 2.33. The van der Waals surface area contributed by atoms with Gasteiger partial charge < -0.3 is 10.2 Å². The number of anilines is 1. The van der Waals surface area contributed by atoms with Gasteiger partial charge in [-0.25, -0.2) is 0 Å². The second kappa shape index (κ2) is 6.48. The van der Waals surface area contributed by atoms with Crippen molar-refractivity contribution in [2.75, 3.05) is 18.5 Å². The lowest BCUT2D eigenvalue weighted by Gasteiger charge is -2.46. The van der Waals surface area contributed by atoms with Crippen molar-refractivity contribution in [3.05, 3.63) is 28.2 Å². The van der Waals surface area contributed by atoms with E-state index in [0.29, 0.717) is 0 Å². The maximum atomic E-state index is 3.61. The predicted octanol–water partition coefficient (Wildman–Crippen LogP) is 4.33. The van der Waals surface area contributed by atoms with Gasteiger partial charge in [0.25, 0.3) is 0 Å². The van der Waals surface area contributed by atoms with Crippen LogP contribution >= 0.6 is 15.9 Å². The van der Waals surface area contributed by atoms with Crippen LogP contribution in [0, 0.1) is 5.92 Å². The minimum absolute atomic E-state index is 0.786. The van der Waals surface area contributed by atoms with Crippen LogP contribution in [0.4, 0.5) is 5.69 Å². The van der Waals surface area contributed by atoms with E-state index in [4.69, 9.17) is 0 Å². The number of fused-ring (bicyclic) bond motifs is 1. The van der Waals surface area contributed by atoms with Gasteiger partial charge in [0.05, 0.1) is 0 Å². The molecule has 1 heterocycles. The lowest BCUT2D eigenvalue weighted by molar-refractivity contribution is 0.243. The number of benzene rings is 1. The number of nitrogens with one attached hydrogen (secondary N) is 1. The molecule has 1 aliphatic heterocycles. The van der Waals surface area contributed by atoms with Crippen molar-refractivity contribution in [2.45, 2.75) is 51.1 Å². The Labute approximate surface area is 131 Å². The molecule has 0 bridgehead atoms. The molecule has 2 fully saturated rings. The van der Waals surface area contributed by atoms with Crippen molar-refractivity contribution < 1.29 is 0 Å². The fourth-order valence-corrected chi connectivity index (χ4v) is 4.50. The van der Waals surface area contributed by atoms with Gasteiger partial charge in [0.15, 0.2) is 0 Å². The van der Waals surface area contributed by atoms with Gasteiger partial charge >= 0.3 is 0 Å². The lowest BCUT2D eigenvalue weighted by atomic mass is 9.78. The summed E-state index contributed by atoms with van der Waals surface area (Å²) in [7, 11) is 2.03. The first kappa shape index (κ1) is 14.4. The van der Waals surface area contributed by atoms with E-state index >= 15 is 0 Å². The topological polar surface area (TPSA) is 15.3 Å². The number of piperidine rings is 1. The molecule has 0 radical (unpaired) electrons. The van der Waals surface area contributed by atoms with Gasteiger partial charge in [0, 0.05) is 29.3 Å². The highest BCUT2D eigenvalue weighted by Crippen LogP contribution is 2.39. The summed E-state index contributed by atoms with van der Waals surface area (Å²) in [6, 6.07) is 7.57. The Morgan fingerprint density at radius 2 is 2.00 bits per heavy atom. The van der Waals surface area contributed by atoms with Gasteiger partial charge in [-0.05, 0) is 62.4 Å². The van der Waals surface area contributed by atoms with Gasteiger partial charge in [-0.15, -0.1) is 0 Å². The van der Waals surface area contributed by atoms with Gasteiger partial charge in [-0.2, -0.15) is 0 Å². The van der Waals surface area contributed by atoms with Crippen LogP contribution in [-0.2, 0) is 6.54 Å². The molecule has 0 amide bonds. The summed E-state index contributed by atoms with van der Waals surface area (Å²) in [5.41, 5.74) is 2.88. The quantitative estimate of drug-likeness (QED) is 0.883. The Morgan fingerprint density at radius 1 is 1.20 bits per heavy atom. The number of rotatable bonds is 3. The van der Waals surface area contributed by atoms with Crippen LogP contribution in [0.3, 0.4) is 0 Å². The second-order valence-corrected chi connectivity index (χ2v) is 7.17. The highest BCUT2D eigenvalue weighted by molar-refractivity contribution is 9.10. The first-order valence-corrected chi connectivity index (χ1v) is 8.78. The first-order valence-electron chi connectivity index (χ1n) is 7.99. The van der Waals surface area contributed by atoms with Gasteiger partial charge in [0.1, 0.15) is 0 Å². The molecule has 1 aromatic carbocycles. The molecule has 2 unspecified atom stereocenters. The standard InChI is InChI=1S/C17H25BrN2/c1-19-12-14-11-15(18)8-9-17(14)20-10-4-6-13-5-2-3-7-16(13)20/h8-9,11,13,16,19H,2-7,10,12H2,1H3. The number of nitrogens with zero attached hydrogens (tertiary/aromatic N) is 1. The van der Waals surface area contributed by atoms with E-state index in [2.05, 4.69) is 44.3 Å². The molecule has 2 atom stereocenters. The maximum Gasteiger partial charge on any atom is 0.0415 e. The smallest absolute Gasteiger partial charge is 0.0415 e. The Hall–Kier alpha value is -0.540. The monoisotopic (exact) mass is 336 g/mol. The molecule has 2 nitrogen and oxygen atoms in total. The summed E-state index contributed by atoms with van der Waals surface area (Å²) in [6.45, 7) is 2.18. The third-order valence-corrected chi connectivity index (χ3v) is 5.45. The van der Waals surface area contributed by atoms with Crippen LogP contribution < -0.4 is 10.2 Å². The van der Waals surface area contributed by atoms with Crippen LogP contribution in [0.5, 0.6) is 0 Å². The molecule has 0 aromatic heterocycles. The average molecular weight is 337 g/mol. The molecular formula is C17H25BrN2. The molecule has 1 N–H and O–H groups in total. The van der Waals surface area contributed by atoms with Crippen molar-refractivity contribution in [3.8, 4) is 0 Å². The van der Waals surface area contributed by atoms with Crippen LogP contribution in [0.15, 0.2) is 22.7 Å². The molecule has 1 saturated heterocycles. The van der Waals surface area contributed by atoms with Crippen LogP contribution in [-0.4, -0.2) is 19.6 Å². The van der Waals surface area contributed by atoms with E-state index in [-0.39, 0.29) is 0 Å². The van der Waals surface area contributed by atoms with E-state index in [1.165, 1.54) is 60.8 Å². The summed E-state index contributed by atoms with van der Waals surface area (Å²) < 4.78 is 1.18. The third kappa shape index (κ3) is 2.89. The highest BCUT2D eigenvalue weighted by atomic mass is 79.9. The van der Waals surface area contributed by atoms with Crippen molar-refractivity contribution >= 4 is 21.6 Å². The molecule has 0 spiro atoms. The maximum absolute atomic E-state index is 3.61. The van der Waals surface area contributed by atoms with Crippen LogP contribution in [0.25, 0.3) is 0 Å². The summed E-state index contributed by atoms with van der Waals surface area (Å²) in [5, 5.41) is 3.32. The van der Waals surface area contributed by atoms with Crippen molar-refractivity contribution in [1.29, 1.82) is 0 Å². The summed E-state index contributed by atoms with van der Waals surface area (Å²) in [5.74, 6) is 0.934. The minimum atomic E-state index is 0.786. The van der Waals surface area contributed by atoms with Crippen LogP contribution in [0.1, 0.15) is 44.1 Å². The minimum Gasteiger partial charge on any atom is -0.368 e. The lowest BCUT2D eigenvalue weighted by Crippen LogP contribution is -2.47. The fraction of sp³-hybridized carbons (Fsp3) is 0.647. The molecule has 3 heteroatoms. The van der Waals surface area contributed by atoms with E-state index in [9.17, 15) is 0 Å². The normalized spacial score (nSPS) is 26.4. The predicted molar refractivity (Wildman–Crippen MR) is 89.2 cm³/mol. The Kier molecular flexibility index (Phi) is 4.67. The number of halogens is 1. The molecule has 1 saturated carbocycles. The molecule has 2 aliphatic rings. The Morgan fingerprint density at radius 3 is 2.85 bits per heavy atom. The zero-order valence-corrected chi connectivity index (χ0v) is 14.0. The molecule has 1 aromatic rings. The van der Waals surface area contributed by atoms with Crippen LogP contribution in [0.2, 0.25) is 0 Å². The number of hydrogen-bond donors (Lipinski definition) is 1. The average Bonchev–Trinajstić information content (AvgIpc) is 2.47. The Bertz CT molecular complexity index is 458. The van der Waals surface area contributed by atoms with E-state index in [1.807, 2.05) is 7.05 Å². The molecule has 110 valence electrons. The first-order chi connectivity index (χ1) is 9.79. The summed E-state index contributed by atoms with van der Waals surface area (Å²) in [4.78, 5) is 2.71. The SMILES string of the molecule is CNCc1cc(Br)ccc1N1CCCC2CCCCC21. The molecule has 1 aliphatic carbocycles. The van der Waals surface area contributed by atoms with E-state index < -0.39 is 0 Å². The largest absolute Gasteiger partial charge is 0.368 e. The Balaban J connectivity index is 1.90. The summed E-state index contributed by atoms with van der Waals surface area (Å²) in [6.07, 6.45) is 8.49. The third-order valence-electron chi connectivity index (χ3n) is 4.96. The van der Waals surface area contributed by atoms with Gasteiger partial charge in [-0.3, -0.25) is 0 Å². The zero-order valence-electron chi connectivity index (χ0n) is 12.4.